The molecule has 2 aromatic carbocycles. The van der Waals surface area contributed by atoms with Gasteiger partial charge < -0.3 is 10.2 Å². The Morgan fingerprint density at radius 2 is 1.90 bits per heavy atom. The second kappa shape index (κ2) is 6.14. The van der Waals surface area contributed by atoms with Gasteiger partial charge in [0.05, 0.1) is 0 Å². The first-order chi connectivity index (χ1) is 9.45. The van der Waals surface area contributed by atoms with Crippen LogP contribution in [0.25, 0.3) is 0 Å². The number of nitrogens with one attached hydrogen (secondary N) is 1. The van der Waals surface area contributed by atoms with Gasteiger partial charge in [0.15, 0.2) is 0 Å². The van der Waals surface area contributed by atoms with Gasteiger partial charge in [-0.15, -0.1) is 0 Å². The van der Waals surface area contributed by atoms with Crippen LogP contribution in [0.3, 0.4) is 0 Å². The third-order valence-corrected chi connectivity index (χ3v) is 3.35. The van der Waals surface area contributed by atoms with E-state index in [2.05, 4.69) is 16.3 Å². The molecule has 0 radical (unpaired) electrons. The average Bonchev–Trinajstić information content (AvgIpc) is 2.36. The van der Waals surface area contributed by atoms with Crippen LogP contribution in [0, 0.1) is 12.7 Å². The maximum atomic E-state index is 13.3. The molecule has 2 rings (SSSR count). The minimum Gasteiger partial charge on any atom is -0.381 e. The summed E-state index contributed by atoms with van der Waals surface area (Å²) in [6, 6.07) is 10.8. The minimum atomic E-state index is -0.311. The Bertz CT molecular complexity index is 591. The molecule has 0 fully saturated rings. The smallest absolute Gasteiger partial charge is 0.125 e. The van der Waals surface area contributed by atoms with Gasteiger partial charge in [-0.1, -0.05) is 11.6 Å². The van der Waals surface area contributed by atoms with Crippen LogP contribution in [0.2, 0.25) is 5.02 Å². The van der Waals surface area contributed by atoms with Gasteiger partial charge in [0, 0.05) is 37.0 Å². The summed E-state index contributed by atoms with van der Waals surface area (Å²) in [5.41, 5.74) is 4.17. The highest BCUT2D eigenvalue weighted by atomic mass is 35.5. The van der Waals surface area contributed by atoms with Crippen LogP contribution < -0.4 is 10.2 Å². The number of hydrogen-bond donors (Lipinski definition) is 1. The molecule has 0 aliphatic rings. The highest BCUT2D eigenvalue weighted by molar-refractivity contribution is 6.30. The summed E-state index contributed by atoms with van der Waals surface area (Å²) in [7, 11) is 4.02. The van der Waals surface area contributed by atoms with Crippen molar-refractivity contribution in [2.24, 2.45) is 0 Å². The molecule has 0 amide bonds. The molecule has 0 saturated carbocycles. The highest BCUT2D eigenvalue weighted by Gasteiger charge is 2.03. The van der Waals surface area contributed by atoms with Gasteiger partial charge in [0.1, 0.15) is 5.82 Å². The largest absolute Gasteiger partial charge is 0.381 e. The Labute approximate surface area is 124 Å². The summed E-state index contributed by atoms with van der Waals surface area (Å²) in [5, 5.41) is 3.72. The molecule has 4 heteroatoms. The van der Waals surface area contributed by atoms with Crippen molar-refractivity contribution < 1.29 is 4.39 Å². The van der Waals surface area contributed by atoms with Crippen molar-refractivity contribution in [1.29, 1.82) is 0 Å². The fourth-order valence-corrected chi connectivity index (χ4v) is 2.28. The summed E-state index contributed by atoms with van der Waals surface area (Å²) in [5.74, 6) is -0.311. The van der Waals surface area contributed by atoms with E-state index >= 15 is 0 Å². The Hall–Kier alpha value is -1.74. The average molecular weight is 293 g/mol. The van der Waals surface area contributed by atoms with Gasteiger partial charge >= 0.3 is 0 Å². The highest BCUT2D eigenvalue weighted by Crippen LogP contribution is 2.22. The summed E-state index contributed by atoms with van der Waals surface area (Å²) in [4.78, 5) is 2.06. The van der Waals surface area contributed by atoms with Crippen molar-refractivity contribution in [3.05, 3.63) is 58.4 Å². The lowest BCUT2D eigenvalue weighted by Crippen LogP contribution is -2.09. The quantitative estimate of drug-likeness (QED) is 0.894. The predicted octanol–water partition coefficient (Wildman–Crippen LogP) is 4.47. The topological polar surface area (TPSA) is 15.3 Å². The number of nitrogens with zero attached hydrogens (tertiary/aromatic N) is 1. The third kappa shape index (κ3) is 3.64. The van der Waals surface area contributed by atoms with Gasteiger partial charge in [0.25, 0.3) is 0 Å². The van der Waals surface area contributed by atoms with Crippen molar-refractivity contribution in [2.45, 2.75) is 13.5 Å². The molecule has 0 aromatic heterocycles. The molecule has 0 aliphatic heterocycles. The van der Waals surface area contributed by atoms with E-state index in [9.17, 15) is 4.39 Å². The standard InChI is InChI=1S/C16H18ClFN2/c1-11-6-15(20(2)3)4-5-16(11)19-10-12-7-13(17)9-14(18)8-12/h4-9,19H,10H2,1-3H3. The van der Waals surface area contributed by atoms with E-state index in [1.54, 1.807) is 6.07 Å². The molecule has 0 heterocycles. The first-order valence-corrected chi connectivity index (χ1v) is 6.80. The Morgan fingerprint density at radius 1 is 1.15 bits per heavy atom. The number of halogens is 2. The van der Waals surface area contributed by atoms with Crippen molar-refractivity contribution in [1.82, 2.24) is 0 Å². The molecule has 0 aliphatic carbocycles. The number of aryl methyl sites for hydroxylation is 1. The molecule has 2 aromatic rings. The van der Waals surface area contributed by atoms with E-state index in [0.29, 0.717) is 11.6 Å². The monoisotopic (exact) mass is 292 g/mol. The molecule has 1 N–H and O–H groups in total. The lowest BCUT2D eigenvalue weighted by atomic mass is 10.1. The fraction of sp³-hybridized carbons (Fsp3) is 0.250. The second-order valence-corrected chi connectivity index (χ2v) is 5.46. The van der Waals surface area contributed by atoms with E-state index < -0.39 is 0 Å². The van der Waals surface area contributed by atoms with Gasteiger partial charge in [-0.25, -0.2) is 4.39 Å². The molecule has 0 bridgehead atoms. The zero-order valence-corrected chi connectivity index (χ0v) is 12.6. The van der Waals surface area contributed by atoms with Gasteiger partial charge in [-0.3, -0.25) is 0 Å². The van der Waals surface area contributed by atoms with Crippen LogP contribution in [0.15, 0.2) is 36.4 Å². The summed E-state index contributed by atoms with van der Waals surface area (Å²) in [6.45, 7) is 2.59. The predicted molar refractivity (Wildman–Crippen MR) is 84.2 cm³/mol. The first kappa shape index (κ1) is 14.7. The van der Waals surface area contributed by atoms with Crippen molar-refractivity contribution in [2.75, 3.05) is 24.3 Å². The third-order valence-electron chi connectivity index (χ3n) is 3.13. The van der Waals surface area contributed by atoms with Crippen LogP contribution in [0.4, 0.5) is 15.8 Å². The van der Waals surface area contributed by atoms with E-state index in [1.165, 1.54) is 12.1 Å². The maximum Gasteiger partial charge on any atom is 0.125 e. The molecule has 0 unspecified atom stereocenters. The maximum absolute atomic E-state index is 13.3. The zero-order valence-electron chi connectivity index (χ0n) is 11.9. The molecule has 106 valence electrons. The number of rotatable bonds is 4. The summed E-state index contributed by atoms with van der Waals surface area (Å²) < 4.78 is 13.3. The molecule has 0 atom stereocenters. The summed E-state index contributed by atoms with van der Waals surface area (Å²) >= 11 is 5.85. The Balaban J connectivity index is 2.11. The van der Waals surface area contributed by atoms with Crippen LogP contribution in [0.1, 0.15) is 11.1 Å². The molecule has 20 heavy (non-hydrogen) atoms. The lowest BCUT2D eigenvalue weighted by molar-refractivity contribution is 0.626. The first-order valence-electron chi connectivity index (χ1n) is 6.42. The van der Waals surface area contributed by atoms with E-state index in [1.807, 2.05) is 33.2 Å². The van der Waals surface area contributed by atoms with Gasteiger partial charge in [0.2, 0.25) is 0 Å². The van der Waals surface area contributed by atoms with Crippen molar-refractivity contribution in [3.8, 4) is 0 Å². The molecule has 0 spiro atoms. The van der Waals surface area contributed by atoms with Crippen LogP contribution in [-0.2, 0) is 6.54 Å². The molecule has 0 saturated heterocycles. The Morgan fingerprint density at radius 3 is 2.50 bits per heavy atom. The van der Waals surface area contributed by atoms with Crippen LogP contribution in [0.5, 0.6) is 0 Å². The normalized spacial score (nSPS) is 10.4. The molecular weight excluding hydrogens is 275 g/mol. The number of hydrogen-bond acceptors (Lipinski definition) is 2. The zero-order chi connectivity index (χ0) is 14.7. The van der Waals surface area contributed by atoms with E-state index in [-0.39, 0.29) is 5.82 Å². The lowest BCUT2D eigenvalue weighted by Gasteiger charge is -2.16. The fourth-order valence-electron chi connectivity index (χ4n) is 2.03. The number of benzene rings is 2. The second-order valence-electron chi connectivity index (χ2n) is 5.02. The number of anilines is 2. The summed E-state index contributed by atoms with van der Waals surface area (Å²) in [6.07, 6.45) is 0. The van der Waals surface area contributed by atoms with Crippen LogP contribution in [-0.4, -0.2) is 14.1 Å². The van der Waals surface area contributed by atoms with E-state index in [0.717, 1.165) is 22.5 Å². The van der Waals surface area contributed by atoms with Gasteiger partial charge in [-0.05, 0) is 54.4 Å². The molecular formula is C16H18ClFN2. The SMILES string of the molecule is Cc1cc(N(C)C)ccc1NCc1cc(F)cc(Cl)c1. The van der Waals surface area contributed by atoms with Gasteiger partial charge in [-0.2, -0.15) is 0 Å². The minimum absolute atomic E-state index is 0.311. The Kier molecular flexibility index (Phi) is 4.50. The van der Waals surface area contributed by atoms with Crippen molar-refractivity contribution in [3.63, 3.8) is 0 Å². The molecule has 2 nitrogen and oxygen atoms in total. The van der Waals surface area contributed by atoms with Crippen LogP contribution >= 0.6 is 11.6 Å². The van der Waals surface area contributed by atoms with Crippen molar-refractivity contribution >= 4 is 23.0 Å². The van der Waals surface area contributed by atoms with E-state index in [4.69, 9.17) is 11.6 Å².